The molecular weight excluding hydrogens is 212 g/mol. The highest BCUT2D eigenvalue weighted by atomic mass is 16.6. The zero-order chi connectivity index (χ0) is 13.3. The fraction of sp³-hybridized carbons (Fsp3) is 0.533. The molecule has 0 saturated heterocycles. The zero-order valence-electron chi connectivity index (χ0n) is 11.1. The molecule has 0 aromatic heterocycles. The molecule has 0 saturated carbocycles. The van der Waals surface area contributed by atoms with Crippen LogP contribution in [0.4, 0.5) is 0 Å². The second-order valence-corrected chi connectivity index (χ2v) is 4.13. The third kappa shape index (κ3) is 4.22. The molecule has 96 valence electrons. The maximum atomic E-state index is 11.4. The largest absolute Gasteiger partial charge is 0.447 e. The van der Waals surface area contributed by atoms with Gasteiger partial charge in [-0.25, -0.2) is 4.79 Å². The van der Waals surface area contributed by atoms with E-state index in [1.165, 1.54) is 6.08 Å². The quantitative estimate of drug-likeness (QED) is 0.343. The lowest BCUT2D eigenvalue weighted by Gasteiger charge is -2.34. The molecule has 2 heteroatoms. The highest BCUT2D eigenvalue weighted by Gasteiger charge is 2.35. The van der Waals surface area contributed by atoms with Crippen molar-refractivity contribution in [2.75, 3.05) is 0 Å². The molecule has 0 rings (SSSR count). The van der Waals surface area contributed by atoms with Crippen molar-refractivity contribution in [3.8, 4) is 0 Å². The van der Waals surface area contributed by atoms with E-state index >= 15 is 0 Å². The average molecular weight is 236 g/mol. The summed E-state index contributed by atoms with van der Waals surface area (Å²) < 4.78 is 5.44. The lowest BCUT2D eigenvalue weighted by atomic mass is 9.81. The Morgan fingerprint density at radius 1 is 1.29 bits per heavy atom. The Labute approximate surface area is 105 Å². The van der Waals surface area contributed by atoms with E-state index in [-0.39, 0.29) is 5.92 Å². The van der Waals surface area contributed by atoms with Gasteiger partial charge in [-0.1, -0.05) is 46.4 Å². The van der Waals surface area contributed by atoms with E-state index in [0.29, 0.717) is 0 Å². The van der Waals surface area contributed by atoms with Gasteiger partial charge in [0.15, 0.2) is 5.60 Å². The minimum Gasteiger partial charge on any atom is -0.447 e. The normalized spacial score (nSPS) is 12.6. The van der Waals surface area contributed by atoms with E-state index in [1.54, 1.807) is 12.2 Å². The Morgan fingerprint density at radius 3 is 2.24 bits per heavy atom. The minimum absolute atomic E-state index is 0.223. The van der Waals surface area contributed by atoms with Gasteiger partial charge >= 0.3 is 5.97 Å². The highest BCUT2D eigenvalue weighted by Crippen LogP contribution is 2.32. The van der Waals surface area contributed by atoms with E-state index in [9.17, 15) is 4.79 Å². The average Bonchev–Trinajstić information content (AvgIpc) is 2.37. The second kappa shape index (κ2) is 7.88. The Balaban J connectivity index is 4.98. The van der Waals surface area contributed by atoms with Crippen LogP contribution in [0, 0.1) is 5.92 Å². The van der Waals surface area contributed by atoms with Crippen molar-refractivity contribution in [3.63, 3.8) is 0 Å². The van der Waals surface area contributed by atoms with Crippen LogP contribution in [0.1, 0.15) is 39.5 Å². The maximum Gasteiger partial charge on any atom is 0.331 e. The molecule has 0 fully saturated rings. The van der Waals surface area contributed by atoms with Crippen LogP contribution >= 0.6 is 0 Å². The number of rotatable bonds is 9. The Bertz CT molecular complexity index is 271. The first-order valence-electron chi connectivity index (χ1n) is 6.22. The van der Waals surface area contributed by atoms with E-state index in [1.807, 2.05) is 0 Å². The van der Waals surface area contributed by atoms with E-state index in [2.05, 4.69) is 33.6 Å². The number of unbranched alkanes of at least 4 members (excludes halogenated alkanes) is 1. The molecule has 17 heavy (non-hydrogen) atoms. The molecule has 0 N–H and O–H groups in total. The topological polar surface area (TPSA) is 26.3 Å². The van der Waals surface area contributed by atoms with Gasteiger partial charge < -0.3 is 4.74 Å². The smallest absolute Gasteiger partial charge is 0.331 e. The molecule has 0 spiro atoms. The molecular formula is C15H24O2. The van der Waals surface area contributed by atoms with Crippen LogP contribution in [0.3, 0.4) is 0 Å². The van der Waals surface area contributed by atoms with E-state index in [4.69, 9.17) is 4.74 Å². The first kappa shape index (κ1) is 15.7. The molecule has 1 atom stereocenters. The Kier molecular flexibility index (Phi) is 7.27. The first-order chi connectivity index (χ1) is 8.10. The zero-order valence-corrected chi connectivity index (χ0v) is 11.1. The van der Waals surface area contributed by atoms with Crippen molar-refractivity contribution < 1.29 is 9.53 Å². The van der Waals surface area contributed by atoms with Gasteiger partial charge in [0, 0.05) is 12.0 Å². The van der Waals surface area contributed by atoms with Crippen molar-refractivity contribution in [1.82, 2.24) is 0 Å². The highest BCUT2D eigenvalue weighted by molar-refractivity contribution is 5.82. The lowest BCUT2D eigenvalue weighted by Crippen LogP contribution is -2.38. The molecule has 1 unspecified atom stereocenters. The molecule has 0 heterocycles. The summed E-state index contributed by atoms with van der Waals surface area (Å²) in [5, 5.41) is 0. The van der Waals surface area contributed by atoms with Crippen molar-refractivity contribution in [3.05, 3.63) is 38.0 Å². The van der Waals surface area contributed by atoms with Crippen LogP contribution in [-0.4, -0.2) is 11.6 Å². The summed E-state index contributed by atoms with van der Waals surface area (Å²) in [4.78, 5) is 11.4. The van der Waals surface area contributed by atoms with Gasteiger partial charge in [0.2, 0.25) is 0 Å². The monoisotopic (exact) mass is 236 g/mol. The summed E-state index contributed by atoms with van der Waals surface area (Å²) in [7, 11) is 0. The SMILES string of the molecule is C=CC(=O)OC(C=C)(C=C)C(CC)CCCC. The third-order valence-electron chi connectivity index (χ3n) is 3.12. The molecule has 2 nitrogen and oxygen atoms in total. The van der Waals surface area contributed by atoms with Crippen LogP contribution in [0.5, 0.6) is 0 Å². The number of hydrogen-bond donors (Lipinski definition) is 0. The second-order valence-electron chi connectivity index (χ2n) is 4.13. The Hall–Kier alpha value is -1.31. The summed E-state index contributed by atoms with van der Waals surface area (Å²) in [5.41, 5.74) is -0.769. The predicted molar refractivity (Wildman–Crippen MR) is 72.7 cm³/mol. The van der Waals surface area contributed by atoms with Crippen molar-refractivity contribution >= 4 is 5.97 Å². The number of carbonyl (C=O) groups excluding carboxylic acids is 1. The molecule has 0 aliphatic rings. The standard InChI is InChI=1S/C15H24O2/c1-6-11-12-13(7-2)15(9-4,10-5)17-14(16)8-3/h8-10,13H,3-7,11-12H2,1-2H3. The van der Waals surface area contributed by atoms with Crippen molar-refractivity contribution in [1.29, 1.82) is 0 Å². The van der Waals surface area contributed by atoms with E-state index < -0.39 is 11.6 Å². The van der Waals surface area contributed by atoms with Crippen molar-refractivity contribution in [2.24, 2.45) is 5.92 Å². The molecule has 0 bridgehead atoms. The number of carbonyl (C=O) groups is 1. The fourth-order valence-corrected chi connectivity index (χ4v) is 2.00. The molecule has 0 aliphatic heterocycles. The van der Waals surface area contributed by atoms with E-state index in [0.717, 1.165) is 25.7 Å². The van der Waals surface area contributed by atoms with Gasteiger partial charge in [-0.15, -0.1) is 0 Å². The van der Waals surface area contributed by atoms with Crippen LogP contribution in [0.2, 0.25) is 0 Å². The Morgan fingerprint density at radius 2 is 1.88 bits per heavy atom. The van der Waals surface area contributed by atoms with Gasteiger partial charge in [-0.3, -0.25) is 0 Å². The first-order valence-corrected chi connectivity index (χ1v) is 6.22. The van der Waals surface area contributed by atoms with Gasteiger partial charge in [0.1, 0.15) is 0 Å². The third-order valence-corrected chi connectivity index (χ3v) is 3.12. The summed E-state index contributed by atoms with van der Waals surface area (Å²) in [5.74, 6) is -0.207. The van der Waals surface area contributed by atoms with Crippen molar-refractivity contribution in [2.45, 2.75) is 45.1 Å². The maximum absolute atomic E-state index is 11.4. The number of ether oxygens (including phenoxy) is 1. The van der Waals surface area contributed by atoms with Gasteiger partial charge in [0.25, 0.3) is 0 Å². The van der Waals surface area contributed by atoms with Gasteiger partial charge in [0.05, 0.1) is 0 Å². The van der Waals surface area contributed by atoms with Crippen LogP contribution < -0.4 is 0 Å². The number of hydrogen-bond acceptors (Lipinski definition) is 2. The molecule has 0 radical (unpaired) electrons. The van der Waals surface area contributed by atoms with Crippen LogP contribution in [0.25, 0.3) is 0 Å². The fourth-order valence-electron chi connectivity index (χ4n) is 2.00. The molecule has 0 aliphatic carbocycles. The summed E-state index contributed by atoms with van der Waals surface area (Å²) >= 11 is 0. The molecule has 0 aromatic carbocycles. The van der Waals surface area contributed by atoms with Gasteiger partial charge in [-0.2, -0.15) is 0 Å². The van der Waals surface area contributed by atoms with Crippen LogP contribution in [0.15, 0.2) is 38.0 Å². The molecule has 0 aromatic rings. The predicted octanol–water partition coefficient (Wildman–Crippen LogP) is 4.04. The summed E-state index contributed by atoms with van der Waals surface area (Å²) in [6.45, 7) is 15.2. The summed E-state index contributed by atoms with van der Waals surface area (Å²) in [6.07, 6.45) is 8.66. The number of esters is 1. The van der Waals surface area contributed by atoms with Gasteiger partial charge in [-0.05, 0) is 25.0 Å². The molecule has 0 amide bonds. The minimum atomic E-state index is -0.769. The van der Waals surface area contributed by atoms with Crippen LogP contribution in [-0.2, 0) is 9.53 Å². The summed E-state index contributed by atoms with van der Waals surface area (Å²) in [6, 6.07) is 0. The lowest BCUT2D eigenvalue weighted by molar-refractivity contribution is -0.149.